The Bertz CT molecular complexity index is 1360. The van der Waals surface area contributed by atoms with Crippen LogP contribution in [0.15, 0.2) is 90.1 Å². The van der Waals surface area contributed by atoms with E-state index in [1.165, 1.54) is 30.6 Å². The number of aliphatic hydroxyl groups is 1. The number of nitrogens with zero attached hydrogens (tertiary/aromatic N) is 2. The normalized spacial score (nSPS) is 12.4. The van der Waals surface area contributed by atoms with Crippen LogP contribution >= 0.6 is 0 Å². The minimum absolute atomic E-state index is 0.0289. The number of nitrogen functional groups attached to an aromatic ring is 1. The summed E-state index contributed by atoms with van der Waals surface area (Å²) in [6.07, 6.45) is 2.70. The Balaban J connectivity index is 1.70. The quantitative estimate of drug-likeness (QED) is 0.385. The molecule has 4 N–H and O–H groups in total. The Morgan fingerprint density at radius 1 is 0.939 bits per heavy atom. The third kappa shape index (κ3) is 4.90. The smallest absolute Gasteiger partial charge is 0.241 e. The van der Waals surface area contributed by atoms with E-state index < -0.39 is 28.5 Å². The van der Waals surface area contributed by atoms with Gasteiger partial charge in [0.15, 0.2) is 0 Å². The summed E-state index contributed by atoms with van der Waals surface area (Å²) < 4.78 is 43.9. The van der Waals surface area contributed by atoms with Gasteiger partial charge in [-0.25, -0.2) is 22.5 Å². The van der Waals surface area contributed by atoms with Gasteiger partial charge in [0.1, 0.15) is 11.6 Å². The van der Waals surface area contributed by atoms with Crippen LogP contribution in [0.5, 0.6) is 0 Å². The fourth-order valence-electron chi connectivity index (χ4n) is 3.45. The zero-order valence-corrected chi connectivity index (χ0v) is 18.2. The maximum absolute atomic E-state index is 14.9. The average molecular weight is 465 g/mol. The summed E-state index contributed by atoms with van der Waals surface area (Å²) in [4.78, 5) is 7.98. The van der Waals surface area contributed by atoms with Gasteiger partial charge >= 0.3 is 0 Å². The SMILES string of the molecule is Nc1cnc(-c2ccc(-c3ccccc3S(=O)(=O)N[C@@H](CO)c3ccccc3)cc2F)cn1. The van der Waals surface area contributed by atoms with Gasteiger partial charge in [0.2, 0.25) is 10.0 Å². The molecule has 0 aliphatic rings. The first kappa shape index (κ1) is 22.5. The number of benzene rings is 3. The number of aliphatic hydroxyl groups excluding tert-OH is 1. The summed E-state index contributed by atoms with van der Waals surface area (Å²) in [6.45, 7) is -0.419. The van der Waals surface area contributed by atoms with Gasteiger partial charge in [0.05, 0.1) is 35.6 Å². The number of hydrogen-bond acceptors (Lipinski definition) is 6. The van der Waals surface area contributed by atoms with Gasteiger partial charge in [0, 0.05) is 11.1 Å². The molecule has 0 aliphatic heterocycles. The highest BCUT2D eigenvalue weighted by Gasteiger charge is 2.24. The Kier molecular flexibility index (Phi) is 6.45. The molecule has 0 bridgehead atoms. The molecule has 1 heterocycles. The van der Waals surface area contributed by atoms with E-state index in [1.807, 2.05) is 0 Å². The number of nitrogens with two attached hydrogens (primary N) is 1. The second kappa shape index (κ2) is 9.45. The van der Waals surface area contributed by atoms with Crippen molar-refractivity contribution >= 4 is 15.8 Å². The Labute approximate surface area is 190 Å². The first-order valence-electron chi connectivity index (χ1n) is 10.0. The molecule has 0 unspecified atom stereocenters. The number of anilines is 1. The molecule has 3 aromatic carbocycles. The van der Waals surface area contributed by atoms with Crippen LogP contribution in [0, 0.1) is 5.82 Å². The molecule has 0 fully saturated rings. The molecule has 4 rings (SSSR count). The molecule has 0 radical (unpaired) electrons. The average Bonchev–Trinajstić information content (AvgIpc) is 2.84. The molecule has 1 atom stereocenters. The number of nitrogens with one attached hydrogen (secondary N) is 1. The molecule has 0 saturated carbocycles. The first-order chi connectivity index (χ1) is 15.9. The van der Waals surface area contributed by atoms with Crippen LogP contribution in [0.2, 0.25) is 0 Å². The predicted molar refractivity (Wildman–Crippen MR) is 124 cm³/mol. The standard InChI is InChI=1S/C24H21FN4O3S/c25-20-12-17(10-11-19(20)21-13-28-24(26)14-27-21)18-8-4-5-9-23(18)33(31,32)29-22(15-30)16-6-2-1-3-7-16/h1-14,22,29-30H,15H2,(H2,26,28)/t22-/m0/s1. The lowest BCUT2D eigenvalue weighted by Gasteiger charge is -2.18. The lowest BCUT2D eigenvalue weighted by atomic mass is 10.0. The highest BCUT2D eigenvalue weighted by molar-refractivity contribution is 7.89. The fraction of sp³-hybridized carbons (Fsp3) is 0.0833. The first-order valence-corrected chi connectivity index (χ1v) is 11.5. The Morgan fingerprint density at radius 3 is 2.33 bits per heavy atom. The van der Waals surface area contributed by atoms with Crippen LogP contribution in [0.25, 0.3) is 22.4 Å². The van der Waals surface area contributed by atoms with Gasteiger partial charge in [-0.05, 0) is 29.3 Å². The van der Waals surface area contributed by atoms with E-state index in [9.17, 15) is 17.9 Å². The van der Waals surface area contributed by atoms with Crippen LogP contribution in [0.3, 0.4) is 0 Å². The maximum Gasteiger partial charge on any atom is 0.241 e. The summed E-state index contributed by atoms with van der Waals surface area (Å²) >= 11 is 0. The molecule has 7 nitrogen and oxygen atoms in total. The van der Waals surface area contributed by atoms with Crippen molar-refractivity contribution < 1.29 is 17.9 Å². The van der Waals surface area contributed by atoms with Gasteiger partial charge in [-0.2, -0.15) is 0 Å². The third-order valence-electron chi connectivity index (χ3n) is 5.09. The zero-order valence-electron chi connectivity index (χ0n) is 17.4. The number of hydrogen-bond donors (Lipinski definition) is 3. The van der Waals surface area contributed by atoms with Gasteiger partial charge in [-0.15, -0.1) is 0 Å². The van der Waals surface area contributed by atoms with Gasteiger partial charge in [-0.1, -0.05) is 54.6 Å². The molecule has 168 valence electrons. The molecular weight excluding hydrogens is 443 g/mol. The van der Waals surface area contributed by atoms with Crippen molar-refractivity contribution in [2.75, 3.05) is 12.3 Å². The van der Waals surface area contributed by atoms with E-state index in [0.717, 1.165) is 0 Å². The lowest BCUT2D eigenvalue weighted by Crippen LogP contribution is -2.31. The third-order valence-corrected chi connectivity index (χ3v) is 6.62. The molecule has 0 aliphatic carbocycles. The van der Waals surface area contributed by atoms with Crippen molar-refractivity contribution in [2.24, 2.45) is 0 Å². The van der Waals surface area contributed by atoms with E-state index >= 15 is 0 Å². The molecule has 1 aromatic heterocycles. The summed E-state index contributed by atoms with van der Waals surface area (Å²) in [6, 6.07) is 18.6. The zero-order chi connectivity index (χ0) is 23.4. The van der Waals surface area contributed by atoms with Crippen LogP contribution in [-0.2, 0) is 10.0 Å². The molecule has 9 heteroatoms. The van der Waals surface area contributed by atoms with E-state index in [2.05, 4.69) is 14.7 Å². The van der Waals surface area contributed by atoms with Crippen molar-refractivity contribution in [3.63, 3.8) is 0 Å². The monoisotopic (exact) mass is 464 g/mol. The topological polar surface area (TPSA) is 118 Å². The molecule has 0 amide bonds. The van der Waals surface area contributed by atoms with Crippen LogP contribution < -0.4 is 10.5 Å². The lowest BCUT2D eigenvalue weighted by molar-refractivity contribution is 0.259. The molecular formula is C24H21FN4O3S. The minimum Gasteiger partial charge on any atom is -0.394 e. The maximum atomic E-state index is 14.9. The summed E-state index contributed by atoms with van der Waals surface area (Å²) in [5.74, 6) is -0.358. The van der Waals surface area contributed by atoms with Gasteiger partial charge < -0.3 is 10.8 Å². The Hall–Kier alpha value is -3.66. The number of aromatic nitrogens is 2. The fourth-order valence-corrected chi connectivity index (χ4v) is 4.90. The highest BCUT2D eigenvalue weighted by atomic mass is 32.2. The summed E-state index contributed by atoms with van der Waals surface area (Å²) in [5, 5.41) is 9.77. The van der Waals surface area contributed by atoms with Crippen molar-refractivity contribution in [2.45, 2.75) is 10.9 Å². The molecule has 0 saturated heterocycles. The van der Waals surface area contributed by atoms with Crippen molar-refractivity contribution in [1.82, 2.24) is 14.7 Å². The largest absolute Gasteiger partial charge is 0.394 e. The predicted octanol–water partition coefficient (Wildman–Crippen LogP) is 3.54. The highest BCUT2D eigenvalue weighted by Crippen LogP contribution is 2.31. The van der Waals surface area contributed by atoms with Gasteiger partial charge in [0.25, 0.3) is 0 Å². The van der Waals surface area contributed by atoms with E-state index in [4.69, 9.17) is 5.73 Å². The molecule has 33 heavy (non-hydrogen) atoms. The second-order valence-corrected chi connectivity index (χ2v) is 8.97. The minimum atomic E-state index is -4.05. The van der Waals surface area contributed by atoms with Crippen LogP contribution in [0.1, 0.15) is 11.6 Å². The second-order valence-electron chi connectivity index (χ2n) is 7.28. The summed E-state index contributed by atoms with van der Waals surface area (Å²) in [5.41, 5.74) is 7.39. The molecule has 4 aromatic rings. The van der Waals surface area contributed by atoms with Crippen molar-refractivity contribution in [3.05, 3.63) is 96.6 Å². The van der Waals surface area contributed by atoms with E-state index in [1.54, 1.807) is 54.6 Å². The number of sulfonamides is 1. The van der Waals surface area contributed by atoms with Crippen LogP contribution in [0.4, 0.5) is 10.2 Å². The Morgan fingerprint density at radius 2 is 1.67 bits per heavy atom. The summed E-state index contributed by atoms with van der Waals surface area (Å²) in [7, 11) is -4.05. The van der Waals surface area contributed by atoms with Crippen LogP contribution in [-0.4, -0.2) is 30.1 Å². The van der Waals surface area contributed by atoms with E-state index in [0.29, 0.717) is 22.4 Å². The molecule has 0 spiro atoms. The van der Waals surface area contributed by atoms with Crippen molar-refractivity contribution in [3.8, 4) is 22.4 Å². The van der Waals surface area contributed by atoms with E-state index in [-0.39, 0.29) is 16.3 Å². The van der Waals surface area contributed by atoms with Gasteiger partial charge in [-0.3, -0.25) is 4.98 Å². The number of rotatable bonds is 7. The number of halogens is 1. The van der Waals surface area contributed by atoms with Crippen molar-refractivity contribution in [1.29, 1.82) is 0 Å².